The summed E-state index contributed by atoms with van der Waals surface area (Å²) in [6.07, 6.45) is 4.05. The summed E-state index contributed by atoms with van der Waals surface area (Å²) >= 11 is 2.84. The van der Waals surface area contributed by atoms with E-state index in [-0.39, 0.29) is 29.7 Å². The zero-order valence-electron chi connectivity index (χ0n) is 24.9. The van der Waals surface area contributed by atoms with Crippen LogP contribution in [0.3, 0.4) is 0 Å². The van der Waals surface area contributed by atoms with Gasteiger partial charge in [0.1, 0.15) is 12.6 Å². The van der Waals surface area contributed by atoms with E-state index in [0.717, 1.165) is 30.4 Å². The summed E-state index contributed by atoms with van der Waals surface area (Å²) in [5.41, 5.74) is 2.98. The molecule has 232 valence electrons. The van der Waals surface area contributed by atoms with Crippen molar-refractivity contribution in [3.8, 4) is 11.3 Å². The molecule has 1 aliphatic heterocycles. The van der Waals surface area contributed by atoms with Crippen LogP contribution in [-0.4, -0.2) is 75.9 Å². The molecular weight excluding hydrogens is 599 g/mol. The van der Waals surface area contributed by atoms with E-state index in [0.29, 0.717) is 47.4 Å². The van der Waals surface area contributed by atoms with Gasteiger partial charge in [0.25, 0.3) is 5.91 Å². The van der Waals surface area contributed by atoms with E-state index in [1.807, 2.05) is 47.8 Å². The summed E-state index contributed by atoms with van der Waals surface area (Å²) in [7, 11) is 3.47. The van der Waals surface area contributed by atoms with Crippen molar-refractivity contribution in [3.05, 3.63) is 71.1 Å². The molecule has 2 heterocycles. The Bertz CT molecular complexity index is 1460. The monoisotopic (exact) mass is 635 g/mol. The number of benzene rings is 2. The molecule has 2 N–H and O–H groups in total. The quantitative estimate of drug-likeness (QED) is 0.257. The van der Waals surface area contributed by atoms with Crippen molar-refractivity contribution in [1.82, 2.24) is 20.1 Å². The molecule has 44 heavy (non-hydrogen) atoms. The van der Waals surface area contributed by atoms with Crippen molar-refractivity contribution in [2.24, 2.45) is 0 Å². The molecule has 0 spiro atoms. The molecule has 3 aromatic rings. The number of carbonyl (C=O) groups is 4. The van der Waals surface area contributed by atoms with Gasteiger partial charge in [-0.1, -0.05) is 48.9 Å². The van der Waals surface area contributed by atoms with E-state index in [1.165, 1.54) is 16.2 Å². The van der Waals surface area contributed by atoms with Crippen LogP contribution < -0.4 is 10.6 Å². The van der Waals surface area contributed by atoms with E-state index in [2.05, 4.69) is 15.6 Å². The summed E-state index contributed by atoms with van der Waals surface area (Å²) < 4.78 is 5.65. The third kappa shape index (κ3) is 8.38. The van der Waals surface area contributed by atoms with Crippen LogP contribution >= 0.6 is 23.1 Å². The maximum atomic E-state index is 13.5. The molecule has 5 rings (SSSR count). The number of thiazole rings is 1. The summed E-state index contributed by atoms with van der Waals surface area (Å²) in [5, 5.41) is 7.91. The average molecular weight is 636 g/mol. The number of hydrogen-bond acceptors (Lipinski definition) is 8. The molecule has 2 atom stereocenters. The Hall–Kier alpha value is -3.90. The molecule has 10 nitrogen and oxygen atoms in total. The summed E-state index contributed by atoms with van der Waals surface area (Å²) in [6, 6.07) is 16.2. The Labute approximate surface area is 265 Å². The second-order valence-corrected chi connectivity index (χ2v) is 13.2. The number of hydrogen-bond donors (Lipinski definition) is 2. The Kier molecular flexibility index (Phi) is 10.5. The largest absolute Gasteiger partial charge is 0.445 e. The van der Waals surface area contributed by atoms with Gasteiger partial charge in [-0.25, -0.2) is 9.78 Å². The third-order valence-corrected chi connectivity index (χ3v) is 9.60. The summed E-state index contributed by atoms with van der Waals surface area (Å²) in [6.45, 7) is 0.107. The Balaban J connectivity index is 1.21. The highest BCUT2D eigenvalue weighted by Crippen LogP contribution is 2.35. The fourth-order valence-electron chi connectivity index (χ4n) is 4.79. The molecule has 0 radical (unpaired) electrons. The standard InChI is InChI=1S/C32H37N5O5S2/c1-36(2)27(38)10-6-7-11-28-37(32(41)42-18-21-8-4-3-5-9-21)26(20-43-28)30(40)35-31-34-25(19-44-31)22-12-14-23(15-13-22)29(39)33-24-16-17-24/h3-5,8-9,12-15,19,24,26,28H,6-7,10-11,16-18,20H2,1-2H3,(H,33,39)(H,34,35,40). The van der Waals surface area contributed by atoms with Gasteiger partial charge in [-0.05, 0) is 43.4 Å². The fourth-order valence-corrected chi connectivity index (χ4v) is 6.95. The first kappa shape index (κ1) is 31.5. The molecule has 1 aliphatic carbocycles. The van der Waals surface area contributed by atoms with Crippen LogP contribution in [0.2, 0.25) is 0 Å². The lowest BCUT2D eigenvalue weighted by atomic mass is 10.1. The van der Waals surface area contributed by atoms with Crippen molar-refractivity contribution in [2.75, 3.05) is 25.2 Å². The van der Waals surface area contributed by atoms with Gasteiger partial charge in [0.2, 0.25) is 11.8 Å². The van der Waals surface area contributed by atoms with E-state index < -0.39 is 12.1 Å². The van der Waals surface area contributed by atoms with E-state index >= 15 is 0 Å². The lowest BCUT2D eigenvalue weighted by molar-refractivity contribution is -0.128. The minimum atomic E-state index is -0.728. The molecule has 2 aromatic carbocycles. The number of nitrogens with zero attached hydrogens (tertiary/aromatic N) is 3. The number of ether oxygens (including phenoxy) is 1. The molecule has 1 aromatic heterocycles. The second kappa shape index (κ2) is 14.7. The van der Waals surface area contributed by atoms with E-state index in [4.69, 9.17) is 4.74 Å². The van der Waals surface area contributed by atoms with Crippen LogP contribution in [0, 0.1) is 0 Å². The van der Waals surface area contributed by atoms with Gasteiger partial charge in [-0.2, -0.15) is 0 Å². The SMILES string of the molecule is CN(C)C(=O)CCCCC1SCC(C(=O)Nc2nc(-c3ccc(C(=O)NC4CC4)cc3)cs2)N1C(=O)OCc1ccccc1. The Morgan fingerprint density at radius 2 is 1.77 bits per heavy atom. The van der Waals surface area contributed by atoms with Crippen LogP contribution in [0.15, 0.2) is 60.0 Å². The molecule has 1 saturated heterocycles. The van der Waals surface area contributed by atoms with Gasteiger partial charge in [0.05, 0.1) is 11.1 Å². The van der Waals surface area contributed by atoms with Gasteiger partial charge in [-0.15, -0.1) is 23.1 Å². The first-order chi connectivity index (χ1) is 21.3. The van der Waals surface area contributed by atoms with Gasteiger partial charge in [-0.3, -0.25) is 19.3 Å². The fraction of sp³-hybridized carbons (Fsp3) is 0.406. The number of rotatable bonds is 12. The highest BCUT2D eigenvalue weighted by Gasteiger charge is 2.42. The zero-order valence-corrected chi connectivity index (χ0v) is 26.5. The maximum Gasteiger partial charge on any atom is 0.411 e. The van der Waals surface area contributed by atoms with Crippen molar-refractivity contribution in [3.63, 3.8) is 0 Å². The number of carbonyl (C=O) groups excluding carboxylic acids is 4. The van der Waals surface area contributed by atoms with Crippen LogP contribution in [0.5, 0.6) is 0 Å². The van der Waals surface area contributed by atoms with Crippen LogP contribution in [0.1, 0.15) is 54.4 Å². The number of thioether (sulfide) groups is 1. The molecule has 1 saturated carbocycles. The number of anilines is 1. The van der Waals surface area contributed by atoms with E-state index in [9.17, 15) is 19.2 Å². The predicted molar refractivity (Wildman–Crippen MR) is 172 cm³/mol. The first-order valence-corrected chi connectivity index (χ1v) is 16.7. The third-order valence-electron chi connectivity index (χ3n) is 7.49. The smallest absolute Gasteiger partial charge is 0.411 e. The average Bonchev–Trinajstić information content (AvgIpc) is 3.54. The number of aromatic nitrogens is 1. The maximum absolute atomic E-state index is 13.5. The molecular formula is C32H37N5O5S2. The van der Waals surface area contributed by atoms with Gasteiger partial charge >= 0.3 is 6.09 Å². The van der Waals surface area contributed by atoms with Gasteiger partial charge in [0.15, 0.2) is 5.13 Å². The molecule has 0 bridgehead atoms. The highest BCUT2D eigenvalue weighted by molar-refractivity contribution is 8.00. The number of unbranched alkanes of at least 4 members (excludes halogenated alkanes) is 1. The van der Waals surface area contributed by atoms with Crippen molar-refractivity contribution in [2.45, 2.75) is 62.6 Å². The predicted octanol–water partition coefficient (Wildman–Crippen LogP) is 5.37. The molecule has 2 fully saturated rings. The Morgan fingerprint density at radius 1 is 1.02 bits per heavy atom. The summed E-state index contributed by atoms with van der Waals surface area (Å²) in [4.78, 5) is 58.8. The summed E-state index contributed by atoms with van der Waals surface area (Å²) in [5.74, 6) is 0.0913. The second-order valence-electron chi connectivity index (χ2n) is 11.1. The topological polar surface area (TPSA) is 121 Å². The minimum Gasteiger partial charge on any atom is -0.445 e. The van der Waals surface area contributed by atoms with Crippen molar-refractivity contribution in [1.29, 1.82) is 0 Å². The normalized spacial score (nSPS) is 17.6. The van der Waals surface area contributed by atoms with Crippen LogP contribution in [-0.2, 0) is 20.9 Å². The minimum absolute atomic E-state index is 0.0679. The molecule has 2 aliphatic rings. The van der Waals surface area contributed by atoms with Crippen LogP contribution in [0.25, 0.3) is 11.3 Å². The Morgan fingerprint density at radius 3 is 2.48 bits per heavy atom. The van der Waals surface area contributed by atoms with Gasteiger partial charge < -0.3 is 20.3 Å². The lowest BCUT2D eigenvalue weighted by Crippen LogP contribution is -2.47. The lowest BCUT2D eigenvalue weighted by Gasteiger charge is -2.28. The van der Waals surface area contributed by atoms with E-state index in [1.54, 1.807) is 42.9 Å². The van der Waals surface area contributed by atoms with Gasteiger partial charge in [0, 0.05) is 48.8 Å². The van der Waals surface area contributed by atoms with Crippen molar-refractivity contribution < 1.29 is 23.9 Å². The number of nitrogens with one attached hydrogen (secondary N) is 2. The number of amides is 4. The highest BCUT2D eigenvalue weighted by atomic mass is 32.2. The molecule has 4 amide bonds. The molecule has 12 heteroatoms. The molecule has 2 unspecified atom stereocenters. The first-order valence-electron chi connectivity index (χ1n) is 14.8. The van der Waals surface area contributed by atoms with Crippen molar-refractivity contribution >= 4 is 52.0 Å². The zero-order chi connectivity index (χ0) is 31.1. The van der Waals surface area contributed by atoms with Crippen LogP contribution in [0.4, 0.5) is 9.93 Å².